The molecule has 1 unspecified atom stereocenters. The van der Waals surface area contributed by atoms with Crippen LogP contribution in [-0.2, 0) is 27.7 Å². The molecule has 24 heavy (non-hydrogen) atoms. The molecule has 1 aliphatic heterocycles. The Bertz CT molecular complexity index is 802. The highest BCUT2D eigenvalue weighted by Crippen LogP contribution is 2.16. The largest absolute Gasteiger partial charge is 0.486 e. The van der Waals surface area contributed by atoms with Crippen LogP contribution >= 0.6 is 11.3 Å². The van der Waals surface area contributed by atoms with Gasteiger partial charge < -0.3 is 10.1 Å². The molecular weight excluding hydrogens is 348 g/mol. The van der Waals surface area contributed by atoms with Gasteiger partial charge in [0, 0.05) is 11.4 Å². The summed E-state index contributed by atoms with van der Waals surface area (Å²) in [6, 6.07) is 9.19. The molecular formula is C16H18N2O4S2. The van der Waals surface area contributed by atoms with Crippen LogP contribution < -0.4 is 10.1 Å². The van der Waals surface area contributed by atoms with Crippen LogP contribution in [0.15, 0.2) is 35.7 Å². The van der Waals surface area contributed by atoms with Crippen molar-refractivity contribution in [2.75, 3.05) is 11.5 Å². The zero-order chi connectivity index (χ0) is 17.0. The predicted octanol–water partition coefficient (Wildman–Crippen LogP) is 1.57. The number of carbonyl (C=O) groups excluding carboxylic acids is 1. The third-order valence-corrected chi connectivity index (χ3v) is 6.28. The van der Waals surface area contributed by atoms with E-state index in [2.05, 4.69) is 10.3 Å². The van der Waals surface area contributed by atoms with Crippen molar-refractivity contribution >= 4 is 27.1 Å². The smallest absolute Gasteiger partial charge is 0.226 e. The van der Waals surface area contributed by atoms with Crippen LogP contribution in [-0.4, -0.2) is 36.9 Å². The number of para-hydroxylation sites is 1. The van der Waals surface area contributed by atoms with Crippen molar-refractivity contribution < 1.29 is 17.9 Å². The predicted molar refractivity (Wildman–Crippen MR) is 91.8 cm³/mol. The maximum Gasteiger partial charge on any atom is 0.226 e. The first kappa shape index (κ1) is 16.9. The number of carbonyl (C=O) groups is 1. The highest BCUT2D eigenvalue weighted by atomic mass is 32.2. The lowest BCUT2D eigenvalue weighted by molar-refractivity contribution is -0.121. The summed E-state index contributed by atoms with van der Waals surface area (Å²) in [7, 11) is -2.99. The lowest BCUT2D eigenvalue weighted by atomic mass is 10.2. The van der Waals surface area contributed by atoms with Crippen LogP contribution in [0.5, 0.6) is 5.75 Å². The van der Waals surface area contributed by atoms with Crippen molar-refractivity contribution in [2.45, 2.75) is 25.5 Å². The summed E-state index contributed by atoms with van der Waals surface area (Å²) in [6.45, 7) is 0.358. The quantitative estimate of drug-likeness (QED) is 0.839. The number of hydrogen-bond acceptors (Lipinski definition) is 6. The summed E-state index contributed by atoms with van der Waals surface area (Å²) in [4.78, 5) is 16.4. The molecule has 1 aliphatic rings. The molecule has 1 aromatic heterocycles. The number of rotatable bonds is 6. The van der Waals surface area contributed by atoms with Crippen LogP contribution in [0, 0.1) is 0 Å². The van der Waals surface area contributed by atoms with Crippen LogP contribution in [0.3, 0.4) is 0 Å². The number of thiazole rings is 1. The average Bonchev–Trinajstić information content (AvgIpc) is 3.12. The van der Waals surface area contributed by atoms with Gasteiger partial charge in [0.15, 0.2) is 9.84 Å². The monoisotopic (exact) mass is 366 g/mol. The van der Waals surface area contributed by atoms with Gasteiger partial charge in [-0.2, -0.15) is 0 Å². The summed E-state index contributed by atoms with van der Waals surface area (Å²) in [6.07, 6.45) is 0.639. The van der Waals surface area contributed by atoms with E-state index >= 15 is 0 Å². The Balaban J connectivity index is 1.48. The molecule has 0 saturated carbocycles. The molecule has 0 aliphatic carbocycles. The Morgan fingerprint density at radius 2 is 2.12 bits per heavy atom. The maximum absolute atomic E-state index is 12.0. The zero-order valence-corrected chi connectivity index (χ0v) is 14.6. The van der Waals surface area contributed by atoms with Crippen molar-refractivity contribution in [1.29, 1.82) is 0 Å². The summed E-state index contributed by atoms with van der Waals surface area (Å²) in [5.41, 5.74) is 0.671. The molecule has 1 fully saturated rings. The molecule has 128 valence electrons. The minimum absolute atomic E-state index is 0.0337. The second-order valence-electron chi connectivity index (χ2n) is 5.68. The molecule has 1 atom stereocenters. The van der Waals surface area contributed by atoms with Gasteiger partial charge in [-0.25, -0.2) is 13.4 Å². The second-order valence-corrected chi connectivity index (χ2v) is 8.85. The first-order valence-corrected chi connectivity index (χ1v) is 10.3. The van der Waals surface area contributed by atoms with E-state index in [4.69, 9.17) is 4.74 Å². The van der Waals surface area contributed by atoms with Gasteiger partial charge in [0.2, 0.25) is 5.91 Å². The van der Waals surface area contributed by atoms with Gasteiger partial charge in [0.1, 0.15) is 17.4 Å². The molecule has 1 saturated heterocycles. The van der Waals surface area contributed by atoms with E-state index in [-0.39, 0.29) is 29.9 Å². The number of sulfone groups is 1. The SMILES string of the molecule is O=C(Cc1csc(COc2ccccc2)n1)NC1CCS(=O)(=O)C1. The van der Waals surface area contributed by atoms with Crippen molar-refractivity contribution in [3.05, 3.63) is 46.4 Å². The Morgan fingerprint density at radius 3 is 2.83 bits per heavy atom. The molecule has 1 amide bonds. The number of amides is 1. The first-order valence-electron chi connectivity index (χ1n) is 7.61. The van der Waals surface area contributed by atoms with Crippen LogP contribution in [0.4, 0.5) is 0 Å². The molecule has 0 bridgehead atoms. The number of nitrogens with zero attached hydrogens (tertiary/aromatic N) is 1. The zero-order valence-electron chi connectivity index (χ0n) is 13.0. The third-order valence-electron chi connectivity index (χ3n) is 3.64. The third kappa shape index (κ3) is 4.78. The van der Waals surface area contributed by atoms with E-state index in [9.17, 15) is 13.2 Å². The normalized spacial score (nSPS) is 19.1. The molecule has 2 heterocycles. The van der Waals surface area contributed by atoms with Gasteiger partial charge in [-0.1, -0.05) is 18.2 Å². The fraction of sp³-hybridized carbons (Fsp3) is 0.375. The number of ether oxygens (including phenoxy) is 1. The number of nitrogens with one attached hydrogen (secondary N) is 1. The average molecular weight is 366 g/mol. The molecule has 1 N–H and O–H groups in total. The molecule has 0 radical (unpaired) electrons. The highest BCUT2D eigenvalue weighted by Gasteiger charge is 2.28. The molecule has 3 rings (SSSR count). The standard InChI is InChI=1S/C16H18N2O4S2/c19-15(17-12-6-7-24(20,21)11-12)8-13-10-23-16(18-13)9-22-14-4-2-1-3-5-14/h1-5,10,12H,6-9,11H2,(H,17,19). The van der Waals surface area contributed by atoms with Crippen LogP contribution in [0.2, 0.25) is 0 Å². The van der Waals surface area contributed by atoms with Crippen LogP contribution in [0.25, 0.3) is 0 Å². The van der Waals surface area contributed by atoms with Gasteiger partial charge >= 0.3 is 0 Å². The summed E-state index contributed by atoms with van der Waals surface area (Å²) >= 11 is 1.44. The van der Waals surface area contributed by atoms with Crippen molar-refractivity contribution in [2.24, 2.45) is 0 Å². The van der Waals surface area contributed by atoms with E-state index in [0.717, 1.165) is 10.8 Å². The fourth-order valence-electron chi connectivity index (χ4n) is 2.51. The van der Waals surface area contributed by atoms with Crippen molar-refractivity contribution in [3.63, 3.8) is 0 Å². The molecule has 6 nitrogen and oxygen atoms in total. The first-order chi connectivity index (χ1) is 11.5. The van der Waals surface area contributed by atoms with Gasteiger partial charge in [0.05, 0.1) is 23.6 Å². The van der Waals surface area contributed by atoms with Crippen molar-refractivity contribution in [1.82, 2.24) is 10.3 Å². The Hall–Kier alpha value is -1.93. The van der Waals surface area contributed by atoms with Gasteiger partial charge in [-0.3, -0.25) is 4.79 Å². The van der Waals surface area contributed by atoms with Gasteiger partial charge in [0.25, 0.3) is 0 Å². The lowest BCUT2D eigenvalue weighted by Crippen LogP contribution is -2.36. The van der Waals surface area contributed by atoms with E-state index in [0.29, 0.717) is 18.7 Å². The van der Waals surface area contributed by atoms with Gasteiger partial charge in [-0.15, -0.1) is 11.3 Å². The topological polar surface area (TPSA) is 85.4 Å². The molecule has 0 spiro atoms. The van der Waals surface area contributed by atoms with E-state index in [1.54, 1.807) is 0 Å². The van der Waals surface area contributed by atoms with E-state index < -0.39 is 9.84 Å². The Morgan fingerprint density at radius 1 is 1.33 bits per heavy atom. The Kier molecular flexibility index (Phi) is 5.15. The summed E-state index contributed by atoms with van der Waals surface area (Å²) in [5, 5.41) is 5.39. The second kappa shape index (κ2) is 7.31. The van der Waals surface area contributed by atoms with E-state index in [1.807, 2.05) is 35.7 Å². The molecule has 1 aromatic carbocycles. The number of hydrogen-bond donors (Lipinski definition) is 1. The lowest BCUT2D eigenvalue weighted by Gasteiger charge is -2.09. The molecule has 2 aromatic rings. The Labute approximate surface area is 144 Å². The van der Waals surface area contributed by atoms with Crippen molar-refractivity contribution in [3.8, 4) is 5.75 Å². The highest BCUT2D eigenvalue weighted by molar-refractivity contribution is 7.91. The number of benzene rings is 1. The summed E-state index contributed by atoms with van der Waals surface area (Å²) in [5.74, 6) is 0.758. The van der Waals surface area contributed by atoms with Gasteiger partial charge in [-0.05, 0) is 18.6 Å². The minimum Gasteiger partial charge on any atom is -0.486 e. The fourth-order valence-corrected chi connectivity index (χ4v) is 4.89. The molecule has 8 heteroatoms. The minimum atomic E-state index is -2.99. The van der Waals surface area contributed by atoms with E-state index in [1.165, 1.54) is 11.3 Å². The summed E-state index contributed by atoms with van der Waals surface area (Å²) < 4.78 is 28.4. The van der Waals surface area contributed by atoms with Crippen LogP contribution in [0.1, 0.15) is 17.1 Å². The number of aromatic nitrogens is 1. The maximum atomic E-state index is 12.0.